The van der Waals surface area contributed by atoms with Gasteiger partial charge in [-0.2, -0.15) is 0 Å². The molecule has 0 fully saturated rings. The Morgan fingerprint density at radius 2 is 1.23 bits per heavy atom. The molecule has 4 atom stereocenters. The molecule has 0 aliphatic rings. The SMILES string of the molecule is COC(=O)[C@H](CO)NC(=O)[C@H](Cc1ccccc1)NC(=O)[C@H](C)NC(=O)[C@H](C)NC(=O)OCc1ccccc1. The molecule has 210 valence electrons. The summed E-state index contributed by atoms with van der Waals surface area (Å²) in [6.45, 7) is 2.17. The predicted molar refractivity (Wildman–Crippen MR) is 140 cm³/mol. The zero-order valence-corrected chi connectivity index (χ0v) is 22.0. The second-order valence-corrected chi connectivity index (χ2v) is 8.68. The molecule has 12 nitrogen and oxygen atoms in total. The zero-order valence-electron chi connectivity index (χ0n) is 22.0. The van der Waals surface area contributed by atoms with Crippen molar-refractivity contribution in [3.05, 3.63) is 71.8 Å². The molecule has 2 rings (SSSR count). The minimum absolute atomic E-state index is 0.0256. The molecule has 2 aromatic rings. The Hall–Kier alpha value is -4.45. The Bertz CT molecular complexity index is 1110. The summed E-state index contributed by atoms with van der Waals surface area (Å²) in [5.41, 5.74) is 1.50. The molecule has 0 saturated carbocycles. The third-order valence-corrected chi connectivity index (χ3v) is 5.59. The molecule has 0 aliphatic carbocycles. The van der Waals surface area contributed by atoms with Crippen molar-refractivity contribution in [3.63, 3.8) is 0 Å². The Morgan fingerprint density at radius 1 is 0.718 bits per heavy atom. The van der Waals surface area contributed by atoms with Crippen LogP contribution in [0.25, 0.3) is 0 Å². The molecule has 0 radical (unpaired) electrons. The van der Waals surface area contributed by atoms with Crippen LogP contribution in [0.15, 0.2) is 60.7 Å². The van der Waals surface area contributed by atoms with Crippen LogP contribution in [0.3, 0.4) is 0 Å². The minimum Gasteiger partial charge on any atom is -0.467 e. The number of carbonyl (C=O) groups is 5. The number of aliphatic hydroxyl groups is 1. The highest BCUT2D eigenvalue weighted by Gasteiger charge is 2.29. The number of ether oxygens (including phenoxy) is 2. The summed E-state index contributed by atoms with van der Waals surface area (Å²) >= 11 is 0. The number of alkyl carbamates (subject to hydrolysis) is 1. The lowest BCUT2D eigenvalue weighted by atomic mass is 10.0. The Labute approximate surface area is 226 Å². The van der Waals surface area contributed by atoms with Crippen molar-refractivity contribution in [1.82, 2.24) is 21.3 Å². The van der Waals surface area contributed by atoms with E-state index in [1.165, 1.54) is 13.8 Å². The van der Waals surface area contributed by atoms with Crippen molar-refractivity contribution in [2.24, 2.45) is 0 Å². The summed E-state index contributed by atoms with van der Waals surface area (Å²) in [5.74, 6) is -2.91. The highest BCUT2D eigenvalue weighted by Crippen LogP contribution is 2.05. The summed E-state index contributed by atoms with van der Waals surface area (Å²) in [6.07, 6.45) is -0.730. The summed E-state index contributed by atoms with van der Waals surface area (Å²) in [4.78, 5) is 62.2. The van der Waals surface area contributed by atoms with Gasteiger partial charge in [0.15, 0.2) is 6.04 Å². The van der Waals surface area contributed by atoms with E-state index in [0.717, 1.165) is 18.2 Å². The van der Waals surface area contributed by atoms with Gasteiger partial charge in [-0.25, -0.2) is 9.59 Å². The van der Waals surface area contributed by atoms with Gasteiger partial charge in [0, 0.05) is 6.42 Å². The van der Waals surface area contributed by atoms with Gasteiger partial charge in [-0.15, -0.1) is 0 Å². The second-order valence-electron chi connectivity index (χ2n) is 8.68. The fourth-order valence-corrected chi connectivity index (χ4v) is 3.36. The molecule has 0 unspecified atom stereocenters. The van der Waals surface area contributed by atoms with E-state index < -0.39 is 60.6 Å². The lowest BCUT2D eigenvalue weighted by Gasteiger charge is -2.24. The molecule has 12 heteroatoms. The average Bonchev–Trinajstić information content (AvgIpc) is 2.94. The van der Waals surface area contributed by atoms with Crippen LogP contribution in [0.4, 0.5) is 4.79 Å². The van der Waals surface area contributed by atoms with Crippen LogP contribution in [0, 0.1) is 0 Å². The van der Waals surface area contributed by atoms with Gasteiger partial charge in [0.1, 0.15) is 24.7 Å². The maximum Gasteiger partial charge on any atom is 0.408 e. The lowest BCUT2D eigenvalue weighted by molar-refractivity contribution is -0.146. The van der Waals surface area contributed by atoms with Crippen LogP contribution in [-0.2, 0) is 41.7 Å². The molecule has 0 heterocycles. The molecule has 4 amide bonds. The van der Waals surface area contributed by atoms with Gasteiger partial charge >= 0.3 is 12.1 Å². The highest BCUT2D eigenvalue weighted by atomic mass is 16.5. The van der Waals surface area contributed by atoms with Crippen molar-refractivity contribution in [2.75, 3.05) is 13.7 Å². The van der Waals surface area contributed by atoms with E-state index in [1.54, 1.807) is 54.6 Å². The molecule has 0 bridgehead atoms. The van der Waals surface area contributed by atoms with Gasteiger partial charge in [-0.1, -0.05) is 60.7 Å². The van der Waals surface area contributed by atoms with E-state index in [-0.39, 0.29) is 13.0 Å². The Kier molecular flexibility index (Phi) is 12.4. The first-order valence-corrected chi connectivity index (χ1v) is 12.3. The van der Waals surface area contributed by atoms with Crippen LogP contribution in [-0.4, -0.2) is 72.8 Å². The number of methoxy groups -OCH3 is 1. The minimum atomic E-state index is -1.32. The van der Waals surface area contributed by atoms with Crippen molar-refractivity contribution in [1.29, 1.82) is 0 Å². The monoisotopic (exact) mass is 542 g/mol. The largest absolute Gasteiger partial charge is 0.467 e. The van der Waals surface area contributed by atoms with Crippen LogP contribution in [0.2, 0.25) is 0 Å². The molecular formula is C27H34N4O8. The third kappa shape index (κ3) is 10.4. The number of hydrogen-bond donors (Lipinski definition) is 5. The summed E-state index contributed by atoms with van der Waals surface area (Å²) < 4.78 is 9.66. The molecule has 0 saturated heterocycles. The molecular weight excluding hydrogens is 508 g/mol. The molecule has 5 N–H and O–H groups in total. The molecule has 0 aromatic heterocycles. The van der Waals surface area contributed by atoms with Gasteiger partial charge in [-0.05, 0) is 25.0 Å². The number of nitrogens with one attached hydrogen (secondary N) is 4. The van der Waals surface area contributed by atoms with Crippen molar-refractivity contribution >= 4 is 29.8 Å². The van der Waals surface area contributed by atoms with Crippen LogP contribution in [0.5, 0.6) is 0 Å². The highest BCUT2D eigenvalue weighted by molar-refractivity contribution is 5.94. The lowest BCUT2D eigenvalue weighted by Crippen LogP contribution is -2.57. The Balaban J connectivity index is 1.96. The second kappa shape index (κ2) is 15.7. The van der Waals surface area contributed by atoms with E-state index >= 15 is 0 Å². The summed E-state index contributed by atoms with van der Waals surface area (Å²) in [5, 5.41) is 19.2. The first-order chi connectivity index (χ1) is 18.6. The van der Waals surface area contributed by atoms with E-state index in [4.69, 9.17) is 4.74 Å². The fourth-order valence-electron chi connectivity index (χ4n) is 3.36. The third-order valence-electron chi connectivity index (χ3n) is 5.59. The Morgan fingerprint density at radius 3 is 1.79 bits per heavy atom. The maximum absolute atomic E-state index is 12.9. The van der Waals surface area contributed by atoms with E-state index in [1.807, 2.05) is 6.07 Å². The number of esters is 1. The van der Waals surface area contributed by atoms with Gasteiger partial charge in [0.25, 0.3) is 0 Å². The smallest absolute Gasteiger partial charge is 0.408 e. The topological polar surface area (TPSA) is 172 Å². The molecule has 0 spiro atoms. The van der Waals surface area contributed by atoms with Gasteiger partial charge < -0.3 is 35.8 Å². The van der Waals surface area contributed by atoms with Gasteiger partial charge in [0.05, 0.1) is 13.7 Å². The molecule has 2 aromatic carbocycles. The van der Waals surface area contributed by atoms with Gasteiger partial charge in [0.2, 0.25) is 17.7 Å². The van der Waals surface area contributed by atoms with Crippen LogP contribution >= 0.6 is 0 Å². The van der Waals surface area contributed by atoms with E-state index in [9.17, 15) is 29.1 Å². The van der Waals surface area contributed by atoms with Crippen molar-refractivity contribution in [3.8, 4) is 0 Å². The number of aliphatic hydroxyl groups excluding tert-OH is 1. The predicted octanol–water partition coefficient (Wildman–Crippen LogP) is 0.184. The number of amides is 4. The standard InChI is InChI=1S/C27H34N4O8/c1-17(28-23(33)18(2)29-27(37)39-16-20-12-8-5-9-13-20)24(34)30-21(14-19-10-6-4-7-11-19)25(35)31-22(15-32)26(36)38-3/h4-13,17-18,21-22,32H,14-16H2,1-3H3,(H,28,33)(H,29,37)(H,30,34)(H,31,35)/t17-,18-,21-,22-/m0/s1. The number of carbonyl (C=O) groups excluding carboxylic acids is 5. The van der Waals surface area contributed by atoms with E-state index in [2.05, 4.69) is 26.0 Å². The quantitative estimate of drug-likeness (QED) is 0.223. The van der Waals surface area contributed by atoms with Crippen LogP contribution < -0.4 is 21.3 Å². The van der Waals surface area contributed by atoms with Crippen molar-refractivity contribution < 1.29 is 38.6 Å². The normalized spacial score (nSPS) is 13.5. The van der Waals surface area contributed by atoms with E-state index in [0.29, 0.717) is 0 Å². The first-order valence-electron chi connectivity index (χ1n) is 12.3. The average molecular weight is 543 g/mol. The zero-order chi connectivity index (χ0) is 28.8. The molecule has 0 aliphatic heterocycles. The van der Waals surface area contributed by atoms with Crippen molar-refractivity contribution in [2.45, 2.75) is 51.0 Å². The number of hydrogen-bond acceptors (Lipinski definition) is 8. The van der Waals surface area contributed by atoms with Crippen LogP contribution in [0.1, 0.15) is 25.0 Å². The maximum atomic E-state index is 12.9. The molecule has 39 heavy (non-hydrogen) atoms. The number of rotatable bonds is 13. The number of benzene rings is 2. The van der Waals surface area contributed by atoms with Gasteiger partial charge in [-0.3, -0.25) is 14.4 Å². The first kappa shape index (κ1) is 30.8. The fraction of sp³-hybridized carbons (Fsp3) is 0.370. The summed E-state index contributed by atoms with van der Waals surface area (Å²) in [7, 11) is 1.11. The summed E-state index contributed by atoms with van der Waals surface area (Å²) in [6, 6.07) is 13.3.